The molecule has 0 aliphatic heterocycles. The van der Waals surface area contributed by atoms with Crippen LogP contribution in [0.2, 0.25) is 0 Å². The van der Waals surface area contributed by atoms with Crippen molar-refractivity contribution in [2.24, 2.45) is 22.7 Å². The molecule has 2 unspecified atom stereocenters. The third-order valence-electron chi connectivity index (χ3n) is 5.97. The molecule has 0 aromatic carbocycles. The number of esters is 2. The third-order valence-corrected chi connectivity index (χ3v) is 5.97. The van der Waals surface area contributed by atoms with Crippen molar-refractivity contribution >= 4 is 17.9 Å². The maximum atomic E-state index is 12.7. The van der Waals surface area contributed by atoms with Gasteiger partial charge in [-0.25, -0.2) is 8.78 Å². The zero-order chi connectivity index (χ0) is 19.2. The molecular formula is C18H24F2O6. The van der Waals surface area contributed by atoms with Gasteiger partial charge in [-0.05, 0) is 50.4 Å². The Balaban J connectivity index is 1.55. The second-order valence-electron chi connectivity index (χ2n) is 8.44. The lowest BCUT2D eigenvalue weighted by molar-refractivity contribution is -0.191. The molecule has 0 aromatic heterocycles. The van der Waals surface area contributed by atoms with Crippen molar-refractivity contribution in [2.75, 3.05) is 13.2 Å². The van der Waals surface area contributed by atoms with Gasteiger partial charge in [0.15, 0.2) is 6.61 Å². The first-order chi connectivity index (χ1) is 12.0. The summed E-state index contributed by atoms with van der Waals surface area (Å²) in [5.74, 6) is -4.82. The van der Waals surface area contributed by atoms with E-state index in [0.717, 1.165) is 6.42 Å². The molecule has 4 aliphatic carbocycles. The Labute approximate surface area is 150 Å². The third kappa shape index (κ3) is 3.69. The predicted molar refractivity (Wildman–Crippen MR) is 84.3 cm³/mol. The number of hydrogen-bond acceptors (Lipinski definition) is 5. The summed E-state index contributed by atoms with van der Waals surface area (Å²) in [4.78, 5) is 35.9. The van der Waals surface area contributed by atoms with Gasteiger partial charge in [0.25, 0.3) is 5.92 Å². The Morgan fingerprint density at radius 2 is 1.65 bits per heavy atom. The van der Waals surface area contributed by atoms with E-state index in [1.165, 1.54) is 0 Å². The van der Waals surface area contributed by atoms with Crippen LogP contribution < -0.4 is 0 Å². The van der Waals surface area contributed by atoms with E-state index in [-0.39, 0.29) is 31.3 Å². The maximum Gasteiger partial charge on any atom is 0.312 e. The number of carboxylic acid groups (broad SMARTS) is 1. The highest BCUT2D eigenvalue weighted by Crippen LogP contribution is 2.65. The van der Waals surface area contributed by atoms with Gasteiger partial charge in [-0.2, -0.15) is 0 Å². The molecule has 0 saturated heterocycles. The topological polar surface area (TPSA) is 89.9 Å². The molecule has 6 nitrogen and oxygen atoms in total. The van der Waals surface area contributed by atoms with E-state index in [2.05, 4.69) is 4.74 Å². The van der Waals surface area contributed by atoms with Gasteiger partial charge < -0.3 is 14.6 Å². The molecule has 8 heteroatoms. The molecule has 0 aromatic rings. The first-order valence-corrected chi connectivity index (χ1v) is 8.98. The molecule has 4 rings (SSSR count). The zero-order valence-corrected chi connectivity index (χ0v) is 14.8. The number of carbonyl (C=O) groups is 3. The summed E-state index contributed by atoms with van der Waals surface area (Å²) in [5.41, 5.74) is -1.63. The van der Waals surface area contributed by atoms with Crippen molar-refractivity contribution < 1.29 is 37.7 Å². The van der Waals surface area contributed by atoms with Gasteiger partial charge in [0, 0.05) is 6.92 Å². The van der Waals surface area contributed by atoms with E-state index in [0.29, 0.717) is 32.6 Å². The summed E-state index contributed by atoms with van der Waals surface area (Å²) in [6.45, 7) is -0.607. The Kier molecular flexibility index (Phi) is 4.73. The summed E-state index contributed by atoms with van der Waals surface area (Å²) in [6, 6.07) is 0. The summed E-state index contributed by atoms with van der Waals surface area (Å²) in [7, 11) is 0. The molecule has 0 radical (unpaired) electrons. The molecule has 4 aliphatic rings. The Morgan fingerprint density at radius 1 is 1.08 bits per heavy atom. The lowest BCUT2D eigenvalue weighted by Gasteiger charge is -2.59. The van der Waals surface area contributed by atoms with Crippen LogP contribution in [0.1, 0.15) is 51.9 Å². The molecule has 0 heterocycles. The first kappa shape index (κ1) is 19.0. The number of carboxylic acids is 1. The number of carbonyl (C=O) groups excluding carboxylic acids is 2. The number of aliphatic carboxylic acids is 1. The molecule has 4 saturated carbocycles. The Hall–Kier alpha value is -1.73. The van der Waals surface area contributed by atoms with Crippen molar-refractivity contribution in [2.45, 2.75) is 57.8 Å². The van der Waals surface area contributed by atoms with Crippen LogP contribution in [-0.2, 0) is 23.9 Å². The lowest BCUT2D eigenvalue weighted by atomic mass is 9.44. The van der Waals surface area contributed by atoms with Crippen LogP contribution in [0.5, 0.6) is 0 Å². The highest BCUT2D eigenvalue weighted by atomic mass is 19.3. The first-order valence-electron chi connectivity index (χ1n) is 8.98. The lowest BCUT2D eigenvalue weighted by Crippen LogP contribution is -2.57. The fraction of sp³-hybridized carbons (Fsp3) is 0.833. The van der Waals surface area contributed by atoms with Crippen molar-refractivity contribution in [3.8, 4) is 0 Å². The molecule has 1 N–H and O–H groups in total. The van der Waals surface area contributed by atoms with Crippen LogP contribution in [0.4, 0.5) is 8.78 Å². The molecular weight excluding hydrogens is 350 g/mol. The highest BCUT2D eigenvalue weighted by molar-refractivity contribution is 5.82. The van der Waals surface area contributed by atoms with Crippen LogP contribution in [0.25, 0.3) is 0 Å². The second kappa shape index (κ2) is 6.46. The van der Waals surface area contributed by atoms with E-state index in [9.17, 15) is 28.3 Å². The van der Waals surface area contributed by atoms with Crippen LogP contribution in [0, 0.1) is 22.7 Å². The van der Waals surface area contributed by atoms with Gasteiger partial charge in [-0.1, -0.05) is 0 Å². The van der Waals surface area contributed by atoms with Gasteiger partial charge >= 0.3 is 17.9 Å². The zero-order valence-electron chi connectivity index (χ0n) is 14.8. The quantitative estimate of drug-likeness (QED) is 0.689. The highest BCUT2D eigenvalue weighted by Gasteiger charge is 2.64. The summed E-state index contributed by atoms with van der Waals surface area (Å²) >= 11 is 0. The van der Waals surface area contributed by atoms with E-state index in [1.54, 1.807) is 0 Å². The number of halogens is 2. The largest absolute Gasteiger partial charge is 0.481 e. The molecule has 4 fully saturated rings. The maximum absolute atomic E-state index is 12.7. The van der Waals surface area contributed by atoms with Gasteiger partial charge in [-0.3, -0.25) is 14.4 Å². The number of rotatable bonds is 7. The van der Waals surface area contributed by atoms with E-state index in [1.807, 2.05) is 0 Å². The standard InChI is InChI=1S/C18H24F2O6/c1-16(19,20)10-26-13(21)2-3-25-15(24)18-7-11-4-12(8-18)6-17(5-11,9-18)14(22)23/h11-12H,2-10H2,1H3,(H,22,23). The van der Waals surface area contributed by atoms with Gasteiger partial charge in [0.05, 0.1) is 17.3 Å². The fourth-order valence-electron chi connectivity index (χ4n) is 5.41. The average Bonchev–Trinajstić information content (AvgIpc) is 2.51. The Morgan fingerprint density at radius 3 is 2.19 bits per heavy atom. The number of ether oxygens (including phenoxy) is 2. The molecule has 26 heavy (non-hydrogen) atoms. The van der Waals surface area contributed by atoms with Crippen molar-refractivity contribution in [3.05, 3.63) is 0 Å². The number of hydrogen-bond donors (Lipinski definition) is 1. The molecule has 0 spiro atoms. The minimum Gasteiger partial charge on any atom is -0.481 e. The molecule has 4 bridgehead atoms. The normalized spacial score (nSPS) is 35.2. The average molecular weight is 374 g/mol. The van der Waals surface area contributed by atoms with E-state index in [4.69, 9.17) is 4.74 Å². The van der Waals surface area contributed by atoms with E-state index < -0.39 is 41.3 Å². The van der Waals surface area contributed by atoms with Crippen molar-refractivity contribution in [1.82, 2.24) is 0 Å². The summed E-state index contributed by atoms with van der Waals surface area (Å²) < 4.78 is 35.0. The van der Waals surface area contributed by atoms with Crippen molar-refractivity contribution in [3.63, 3.8) is 0 Å². The van der Waals surface area contributed by atoms with Crippen LogP contribution >= 0.6 is 0 Å². The molecule has 2 atom stereocenters. The minimum atomic E-state index is -3.10. The van der Waals surface area contributed by atoms with E-state index >= 15 is 0 Å². The number of alkyl halides is 2. The van der Waals surface area contributed by atoms with Crippen LogP contribution in [0.3, 0.4) is 0 Å². The monoisotopic (exact) mass is 374 g/mol. The van der Waals surface area contributed by atoms with Crippen LogP contribution in [0.15, 0.2) is 0 Å². The SMILES string of the molecule is CC(F)(F)COC(=O)CCOC(=O)C12CC3CC(CC(C(=O)O)(C3)C1)C2. The summed E-state index contributed by atoms with van der Waals surface area (Å²) in [5, 5.41) is 9.67. The predicted octanol–water partition coefficient (Wildman–Crippen LogP) is 2.79. The fourth-order valence-corrected chi connectivity index (χ4v) is 5.41. The van der Waals surface area contributed by atoms with Crippen LogP contribution in [-0.4, -0.2) is 42.2 Å². The smallest absolute Gasteiger partial charge is 0.312 e. The second-order valence-corrected chi connectivity index (χ2v) is 8.44. The Bertz CT molecular complexity index is 597. The molecule has 0 amide bonds. The molecule has 146 valence electrons. The van der Waals surface area contributed by atoms with Gasteiger partial charge in [-0.15, -0.1) is 0 Å². The van der Waals surface area contributed by atoms with Crippen molar-refractivity contribution in [1.29, 1.82) is 0 Å². The van der Waals surface area contributed by atoms with Gasteiger partial charge in [0.2, 0.25) is 0 Å². The van der Waals surface area contributed by atoms with Gasteiger partial charge in [0.1, 0.15) is 6.61 Å². The minimum absolute atomic E-state index is 0.219. The summed E-state index contributed by atoms with van der Waals surface area (Å²) in [6.07, 6.45) is 3.44.